The van der Waals surface area contributed by atoms with Crippen molar-refractivity contribution in [2.24, 2.45) is 0 Å². The molecule has 2 aromatic heterocycles. The molecule has 7 nitrogen and oxygen atoms in total. The number of hydrogen-bond donors (Lipinski definition) is 0. The molecule has 0 amide bonds. The molecule has 0 spiro atoms. The maximum Gasteiger partial charge on any atom is 0.358 e. The number of esters is 1. The van der Waals surface area contributed by atoms with Crippen LogP contribution < -0.4 is 10.3 Å². The Kier molecular flexibility index (Phi) is 7.11. The predicted octanol–water partition coefficient (Wildman–Crippen LogP) is 3.79. The number of benzene rings is 1. The van der Waals surface area contributed by atoms with Crippen molar-refractivity contribution in [3.05, 3.63) is 85.8 Å². The molecule has 1 aromatic carbocycles. The van der Waals surface area contributed by atoms with E-state index < -0.39 is 17.6 Å². The second kappa shape index (κ2) is 9.78. The Morgan fingerprint density at radius 1 is 1.19 bits per heavy atom. The van der Waals surface area contributed by atoms with Crippen LogP contribution in [0.25, 0.3) is 0 Å². The quantitative estimate of drug-likeness (QED) is 0.465. The van der Waals surface area contributed by atoms with Crippen LogP contribution in [0.5, 0.6) is 5.75 Å². The molecule has 0 radical (unpaired) electrons. The molecular weight excluding hydrogens is 476 g/mol. The van der Waals surface area contributed by atoms with Gasteiger partial charge in [-0.25, -0.2) is 18.6 Å². The summed E-state index contributed by atoms with van der Waals surface area (Å²) in [5.41, 5.74) is 0.886. The smallest absolute Gasteiger partial charge is 0.358 e. The molecule has 0 aliphatic carbocycles. The molecule has 3 rings (SSSR count). The van der Waals surface area contributed by atoms with Crippen LogP contribution in [0.2, 0.25) is 0 Å². The first-order valence-electron chi connectivity index (χ1n) is 9.24. The van der Waals surface area contributed by atoms with Crippen molar-refractivity contribution in [1.29, 1.82) is 0 Å². The van der Waals surface area contributed by atoms with E-state index in [1.54, 1.807) is 19.9 Å². The van der Waals surface area contributed by atoms with Gasteiger partial charge in [0.2, 0.25) is 0 Å². The third-order valence-corrected chi connectivity index (χ3v) is 5.05. The summed E-state index contributed by atoms with van der Waals surface area (Å²) in [6.07, 6.45) is 2.69. The predicted molar refractivity (Wildman–Crippen MR) is 111 cm³/mol. The topological polar surface area (TPSA) is 83.3 Å². The highest BCUT2D eigenvalue weighted by Gasteiger charge is 2.15. The fourth-order valence-electron chi connectivity index (χ4n) is 2.72. The lowest BCUT2D eigenvalue weighted by atomic mass is 10.2. The zero-order valence-electron chi connectivity index (χ0n) is 16.7. The Labute approximate surface area is 184 Å². The molecule has 0 atom stereocenters. The van der Waals surface area contributed by atoms with Crippen molar-refractivity contribution < 1.29 is 23.0 Å². The number of rotatable bonds is 7. The van der Waals surface area contributed by atoms with E-state index in [1.807, 2.05) is 0 Å². The largest absolute Gasteiger partial charge is 0.487 e. The molecule has 0 saturated heterocycles. The van der Waals surface area contributed by atoms with E-state index in [4.69, 9.17) is 9.47 Å². The molecule has 162 valence electrons. The Bertz CT molecular complexity index is 1170. The molecule has 0 aliphatic heterocycles. The Balaban J connectivity index is 1.78. The van der Waals surface area contributed by atoms with E-state index in [9.17, 15) is 18.4 Å². The Hall–Kier alpha value is -3.14. The first-order chi connectivity index (χ1) is 14.8. The van der Waals surface area contributed by atoms with E-state index in [-0.39, 0.29) is 46.8 Å². The lowest BCUT2D eigenvalue weighted by Gasteiger charge is -2.14. The monoisotopic (exact) mass is 493 g/mol. The number of carbonyl (C=O) groups is 1. The van der Waals surface area contributed by atoms with Gasteiger partial charge in [-0.15, -0.1) is 0 Å². The van der Waals surface area contributed by atoms with Gasteiger partial charge in [0.1, 0.15) is 28.5 Å². The molecule has 3 aromatic rings. The van der Waals surface area contributed by atoms with E-state index in [0.717, 1.165) is 12.1 Å². The average Bonchev–Trinajstić information content (AvgIpc) is 2.74. The van der Waals surface area contributed by atoms with E-state index in [0.29, 0.717) is 11.4 Å². The van der Waals surface area contributed by atoms with Crippen molar-refractivity contribution in [3.8, 4) is 5.75 Å². The number of nitrogens with zero attached hydrogens (tertiary/aromatic N) is 3. The van der Waals surface area contributed by atoms with Crippen molar-refractivity contribution in [3.63, 3.8) is 0 Å². The minimum absolute atomic E-state index is 0.0765. The molecular formula is C21H18BrF2N3O4. The minimum atomic E-state index is -0.731. The summed E-state index contributed by atoms with van der Waals surface area (Å²) in [6.45, 7) is 3.57. The molecule has 31 heavy (non-hydrogen) atoms. The molecule has 0 bridgehead atoms. The molecule has 0 N–H and O–H groups in total. The van der Waals surface area contributed by atoms with Crippen molar-refractivity contribution in [1.82, 2.24) is 14.5 Å². The van der Waals surface area contributed by atoms with Gasteiger partial charge in [0, 0.05) is 23.4 Å². The summed E-state index contributed by atoms with van der Waals surface area (Å²) in [6, 6.07) is 4.80. The number of ether oxygens (including phenoxy) is 2. The van der Waals surface area contributed by atoms with Gasteiger partial charge in [0.05, 0.1) is 31.2 Å². The zero-order chi connectivity index (χ0) is 22.5. The molecule has 10 heteroatoms. The first kappa shape index (κ1) is 22.5. The summed E-state index contributed by atoms with van der Waals surface area (Å²) in [5.74, 6) is -1.76. The highest BCUT2D eigenvalue weighted by Crippen LogP contribution is 2.24. The van der Waals surface area contributed by atoms with Gasteiger partial charge >= 0.3 is 5.97 Å². The second-order valence-electron chi connectivity index (χ2n) is 6.49. The fourth-order valence-corrected chi connectivity index (χ4v) is 3.16. The van der Waals surface area contributed by atoms with E-state index in [2.05, 4.69) is 25.9 Å². The van der Waals surface area contributed by atoms with Gasteiger partial charge in [0.25, 0.3) is 5.56 Å². The van der Waals surface area contributed by atoms with Gasteiger partial charge < -0.3 is 14.0 Å². The van der Waals surface area contributed by atoms with Crippen LogP contribution in [0.1, 0.15) is 34.4 Å². The molecule has 0 fully saturated rings. The summed E-state index contributed by atoms with van der Waals surface area (Å²) >= 11 is 3.22. The van der Waals surface area contributed by atoms with Crippen molar-refractivity contribution >= 4 is 21.9 Å². The summed E-state index contributed by atoms with van der Waals surface area (Å²) < 4.78 is 38.9. The standard InChI is InChI=1S/C21H18BrF2N3O4/c1-3-30-21(29)17-9-25-15(8-26-17)10-27-12(2)6-18(19(22)20(27)28)31-11-13-4-5-14(23)7-16(13)24/h4-9H,3,10-11H2,1-2H3. The number of aryl methyl sites for hydroxylation is 1. The van der Waals surface area contributed by atoms with Crippen LogP contribution in [-0.2, 0) is 17.9 Å². The number of pyridine rings is 1. The molecule has 0 unspecified atom stereocenters. The van der Waals surface area contributed by atoms with Crippen molar-refractivity contribution in [2.45, 2.75) is 27.0 Å². The third kappa shape index (κ3) is 5.32. The van der Waals surface area contributed by atoms with Crippen LogP contribution in [0.15, 0.2) is 45.9 Å². The van der Waals surface area contributed by atoms with Crippen LogP contribution in [0, 0.1) is 18.6 Å². The van der Waals surface area contributed by atoms with Gasteiger partial charge in [-0.1, -0.05) is 0 Å². The lowest BCUT2D eigenvalue weighted by molar-refractivity contribution is 0.0519. The maximum absolute atomic E-state index is 13.8. The number of aromatic nitrogens is 3. The summed E-state index contributed by atoms with van der Waals surface area (Å²) in [4.78, 5) is 32.6. The average molecular weight is 494 g/mol. The minimum Gasteiger partial charge on any atom is -0.487 e. The molecule has 0 saturated carbocycles. The van der Waals surface area contributed by atoms with Gasteiger partial charge in [-0.3, -0.25) is 9.78 Å². The van der Waals surface area contributed by atoms with E-state index in [1.165, 1.54) is 23.0 Å². The number of halogens is 3. The lowest BCUT2D eigenvalue weighted by Crippen LogP contribution is -2.25. The van der Waals surface area contributed by atoms with Crippen LogP contribution >= 0.6 is 15.9 Å². The zero-order valence-corrected chi connectivity index (χ0v) is 18.3. The second-order valence-corrected chi connectivity index (χ2v) is 7.29. The number of carbonyl (C=O) groups excluding carboxylic acids is 1. The van der Waals surface area contributed by atoms with Gasteiger partial charge in [0.15, 0.2) is 5.69 Å². The SMILES string of the molecule is CCOC(=O)c1cnc(Cn2c(C)cc(OCc3ccc(F)cc3F)c(Br)c2=O)cn1. The third-order valence-electron chi connectivity index (χ3n) is 4.32. The van der Waals surface area contributed by atoms with Crippen molar-refractivity contribution in [2.75, 3.05) is 6.61 Å². The van der Waals surface area contributed by atoms with Crippen LogP contribution in [0.3, 0.4) is 0 Å². The van der Waals surface area contributed by atoms with Crippen LogP contribution in [-0.4, -0.2) is 27.1 Å². The Morgan fingerprint density at radius 3 is 2.61 bits per heavy atom. The maximum atomic E-state index is 13.8. The summed E-state index contributed by atoms with van der Waals surface area (Å²) in [5, 5.41) is 0. The van der Waals surface area contributed by atoms with Gasteiger partial charge in [-0.2, -0.15) is 0 Å². The number of hydrogen-bond acceptors (Lipinski definition) is 6. The van der Waals surface area contributed by atoms with Gasteiger partial charge in [-0.05, 0) is 41.9 Å². The van der Waals surface area contributed by atoms with E-state index >= 15 is 0 Å². The molecule has 2 heterocycles. The molecule has 0 aliphatic rings. The fraction of sp³-hybridized carbons (Fsp3) is 0.238. The highest BCUT2D eigenvalue weighted by molar-refractivity contribution is 9.10. The highest BCUT2D eigenvalue weighted by atomic mass is 79.9. The summed E-state index contributed by atoms with van der Waals surface area (Å²) in [7, 11) is 0. The first-order valence-corrected chi connectivity index (χ1v) is 10.0. The Morgan fingerprint density at radius 2 is 1.97 bits per heavy atom. The van der Waals surface area contributed by atoms with Crippen LogP contribution in [0.4, 0.5) is 8.78 Å². The normalized spacial score (nSPS) is 10.7.